The lowest BCUT2D eigenvalue weighted by Gasteiger charge is -2.56. The topological polar surface area (TPSA) is 82.7 Å². The average Bonchev–Trinajstić information content (AvgIpc) is 3.56. The molecule has 1 atom stereocenters. The first-order valence-electron chi connectivity index (χ1n) is 15.0. The molecule has 3 fully saturated rings. The Morgan fingerprint density at radius 2 is 1.86 bits per heavy atom. The molecule has 0 aliphatic carbocycles. The molecule has 222 valence electrons. The van der Waals surface area contributed by atoms with Gasteiger partial charge in [0.1, 0.15) is 12.5 Å². The number of fused-ring (bicyclic) bond motifs is 1. The molecule has 4 aromatic rings. The summed E-state index contributed by atoms with van der Waals surface area (Å²) >= 11 is 0. The van der Waals surface area contributed by atoms with Gasteiger partial charge in [-0.3, -0.25) is 0 Å². The Hall–Kier alpha value is -3.25. The van der Waals surface area contributed by atoms with Crippen LogP contribution in [0, 0.1) is 5.41 Å². The number of aromatic nitrogens is 5. The maximum absolute atomic E-state index is 6.04. The maximum Gasteiger partial charge on any atom is 0.167 e. The van der Waals surface area contributed by atoms with E-state index in [1.165, 1.54) is 5.69 Å². The lowest BCUT2D eigenvalue weighted by molar-refractivity contribution is -0.127. The van der Waals surface area contributed by atoms with Crippen LogP contribution in [0.15, 0.2) is 48.8 Å². The summed E-state index contributed by atoms with van der Waals surface area (Å²) in [5.41, 5.74) is 4.73. The number of ether oxygens (including phenoxy) is 3. The molecule has 10 nitrogen and oxygen atoms in total. The molecule has 3 aliphatic heterocycles. The monoisotopic (exact) mass is 587 g/mol. The van der Waals surface area contributed by atoms with Crippen LogP contribution in [0.25, 0.3) is 28.0 Å². The normalized spacial score (nSPS) is 20.2. The molecular weight excluding hydrogens is 546 g/mol. The van der Waals surface area contributed by atoms with Crippen molar-refractivity contribution < 1.29 is 14.2 Å². The van der Waals surface area contributed by atoms with Crippen LogP contribution >= 0.6 is 0 Å². The van der Waals surface area contributed by atoms with Gasteiger partial charge in [-0.1, -0.05) is 31.8 Å². The second kappa shape index (κ2) is 10.8. The van der Waals surface area contributed by atoms with Gasteiger partial charge in [-0.15, -0.1) is 0 Å². The van der Waals surface area contributed by atoms with Crippen molar-refractivity contribution in [2.45, 2.75) is 45.4 Å². The zero-order valence-electron chi connectivity index (χ0n) is 25.1. The highest BCUT2D eigenvalue weighted by atomic mass is 28.3. The van der Waals surface area contributed by atoms with Gasteiger partial charge in [0, 0.05) is 51.5 Å². The van der Waals surface area contributed by atoms with Crippen LogP contribution in [-0.2, 0) is 20.9 Å². The maximum atomic E-state index is 6.04. The highest BCUT2D eigenvalue weighted by Crippen LogP contribution is 2.41. The first-order chi connectivity index (χ1) is 20.3. The van der Waals surface area contributed by atoms with Crippen molar-refractivity contribution in [3.63, 3.8) is 0 Å². The number of rotatable bonds is 9. The summed E-state index contributed by atoms with van der Waals surface area (Å²) in [5, 5.41) is 10.4. The molecule has 3 saturated heterocycles. The molecule has 0 saturated carbocycles. The highest BCUT2D eigenvalue weighted by molar-refractivity contribution is 6.76. The molecule has 1 aromatic carbocycles. The van der Waals surface area contributed by atoms with Crippen LogP contribution in [0.3, 0.4) is 0 Å². The van der Waals surface area contributed by atoms with E-state index in [9.17, 15) is 0 Å². The number of nitrogens with zero attached hydrogens (tertiary/aromatic N) is 7. The lowest BCUT2D eigenvalue weighted by Crippen LogP contribution is -2.66. The van der Waals surface area contributed by atoms with Crippen molar-refractivity contribution in [3.8, 4) is 16.9 Å². The van der Waals surface area contributed by atoms with Crippen LogP contribution in [0.4, 0.5) is 11.5 Å². The number of hydrogen-bond donors (Lipinski definition) is 0. The van der Waals surface area contributed by atoms with E-state index in [0.29, 0.717) is 25.4 Å². The highest BCUT2D eigenvalue weighted by Gasteiger charge is 2.49. The van der Waals surface area contributed by atoms with Gasteiger partial charge >= 0.3 is 0 Å². The van der Waals surface area contributed by atoms with Gasteiger partial charge in [0.2, 0.25) is 0 Å². The van der Waals surface area contributed by atoms with Gasteiger partial charge in [0.05, 0.1) is 50.3 Å². The predicted molar refractivity (Wildman–Crippen MR) is 167 cm³/mol. The first-order valence-corrected chi connectivity index (χ1v) is 18.8. The molecule has 6 heterocycles. The van der Waals surface area contributed by atoms with Gasteiger partial charge in [-0.2, -0.15) is 14.9 Å². The number of pyridine rings is 1. The quantitative estimate of drug-likeness (QED) is 0.207. The molecule has 7 rings (SSSR count). The van der Waals surface area contributed by atoms with Crippen molar-refractivity contribution in [2.75, 3.05) is 62.5 Å². The summed E-state index contributed by atoms with van der Waals surface area (Å²) in [4.78, 5) is 9.98. The van der Waals surface area contributed by atoms with Crippen molar-refractivity contribution in [1.29, 1.82) is 0 Å². The minimum Gasteiger partial charge on any atom is -0.380 e. The van der Waals surface area contributed by atoms with E-state index in [4.69, 9.17) is 24.3 Å². The third-order valence-corrected chi connectivity index (χ3v) is 10.4. The summed E-state index contributed by atoms with van der Waals surface area (Å²) in [6.07, 6.45) is 3.73. The minimum atomic E-state index is -1.17. The Kier molecular flexibility index (Phi) is 7.08. The summed E-state index contributed by atoms with van der Waals surface area (Å²) in [6, 6.07) is 14.5. The Labute approximate surface area is 248 Å². The molecule has 1 spiro atoms. The Morgan fingerprint density at radius 1 is 1.05 bits per heavy atom. The molecule has 11 heteroatoms. The number of benzene rings is 1. The SMILES string of the molecule is C[C@@H]1COCCN1c1cc(-c2ccc(N3CC4(COC4)C3)cc2)c2cnn(-c3ccnn3COCC[Si](C)(C)C)c2n1. The summed E-state index contributed by atoms with van der Waals surface area (Å²) in [5.74, 6) is 1.77. The van der Waals surface area contributed by atoms with Crippen molar-refractivity contribution >= 4 is 30.6 Å². The van der Waals surface area contributed by atoms with E-state index in [0.717, 1.165) is 79.3 Å². The van der Waals surface area contributed by atoms with Gasteiger partial charge in [0.15, 0.2) is 11.5 Å². The second-order valence-electron chi connectivity index (χ2n) is 13.4. The molecule has 0 radical (unpaired) electrons. The number of morpholine rings is 1. The van der Waals surface area contributed by atoms with Gasteiger partial charge in [0.25, 0.3) is 0 Å². The Morgan fingerprint density at radius 3 is 2.57 bits per heavy atom. The van der Waals surface area contributed by atoms with Crippen molar-refractivity contribution in [1.82, 2.24) is 24.5 Å². The number of anilines is 2. The number of hydrogen-bond acceptors (Lipinski definition) is 8. The van der Waals surface area contributed by atoms with E-state index < -0.39 is 8.07 Å². The van der Waals surface area contributed by atoms with Gasteiger partial charge < -0.3 is 24.0 Å². The summed E-state index contributed by atoms with van der Waals surface area (Å²) < 4.78 is 21.0. The molecule has 0 amide bonds. The van der Waals surface area contributed by atoms with Gasteiger partial charge in [-0.05, 0) is 42.3 Å². The third-order valence-electron chi connectivity index (χ3n) is 8.72. The van der Waals surface area contributed by atoms with Crippen LogP contribution in [0.5, 0.6) is 0 Å². The van der Waals surface area contributed by atoms with Crippen LogP contribution < -0.4 is 9.80 Å². The van der Waals surface area contributed by atoms with E-state index in [1.54, 1.807) is 6.20 Å². The summed E-state index contributed by atoms with van der Waals surface area (Å²) in [7, 11) is -1.17. The fourth-order valence-electron chi connectivity index (χ4n) is 6.11. The van der Waals surface area contributed by atoms with Crippen LogP contribution in [-0.4, -0.2) is 91.3 Å². The van der Waals surface area contributed by atoms with E-state index >= 15 is 0 Å². The second-order valence-corrected chi connectivity index (χ2v) is 19.0. The predicted octanol–water partition coefficient (Wildman–Crippen LogP) is 4.66. The zero-order chi connectivity index (χ0) is 28.9. The van der Waals surface area contributed by atoms with E-state index in [2.05, 4.69) is 71.8 Å². The van der Waals surface area contributed by atoms with E-state index in [1.807, 2.05) is 21.6 Å². The van der Waals surface area contributed by atoms with Gasteiger partial charge in [-0.25, -0.2) is 9.67 Å². The molecule has 0 N–H and O–H groups in total. The fraction of sp³-hybridized carbons (Fsp3) is 0.516. The average molecular weight is 588 g/mol. The van der Waals surface area contributed by atoms with Crippen LogP contribution in [0.2, 0.25) is 25.7 Å². The molecule has 0 bridgehead atoms. The minimum absolute atomic E-state index is 0.231. The molecular formula is C31H41N7O3Si. The molecule has 42 heavy (non-hydrogen) atoms. The third kappa shape index (κ3) is 5.23. The first kappa shape index (κ1) is 27.6. The Bertz CT molecular complexity index is 1550. The van der Waals surface area contributed by atoms with E-state index in [-0.39, 0.29) is 6.04 Å². The standard InChI is InChI=1S/C31H41N7O3Si/c1-23-17-39-12-11-36(23)28-15-26(24-5-7-25(8-6-24)35-18-31(19-35)20-41-21-31)27-16-33-38(30(27)34-28)29-9-10-32-37(29)22-40-13-14-42(2,3)4/h5-10,15-16,23H,11-14,17-22H2,1-4H3/t23-/m1/s1. The zero-order valence-corrected chi connectivity index (χ0v) is 26.1. The fourth-order valence-corrected chi connectivity index (χ4v) is 6.87. The lowest BCUT2D eigenvalue weighted by atomic mass is 9.78. The largest absolute Gasteiger partial charge is 0.380 e. The molecule has 3 aliphatic rings. The molecule has 0 unspecified atom stereocenters. The van der Waals surface area contributed by atoms with Crippen molar-refractivity contribution in [2.24, 2.45) is 5.41 Å². The summed E-state index contributed by atoms with van der Waals surface area (Å²) in [6.45, 7) is 16.5. The van der Waals surface area contributed by atoms with Crippen molar-refractivity contribution in [3.05, 3.63) is 48.8 Å². The molecule has 3 aromatic heterocycles. The Balaban J connectivity index is 1.22. The van der Waals surface area contributed by atoms with Crippen LogP contribution in [0.1, 0.15) is 6.92 Å². The smallest absolute Gasteiger partial charge is 0.167 e.